The standard InChI is InChI=1S/C13H26N4O2/c1-19-10-9-16-13(14)15-8-7-12(18)17-11-5-3-2-4-6-11/h11H,2-10H2,1H3,(H,17,18)(H3,14,15,16). The molecule has 4 N–H and O–H groups in total. The first-order valence-corrected chi connectivity index (χ1v) is 7.04. The Morgan fingerprint density at radius 1 is 1.37 bits per heavy atom. The summed E-state index contributed by atoms with van der Waals surface area (Å²) in [6.07, 6.45) is 6.39. The average molecular weight is 270 g/mol. The lowest BCUT2D eigenvalue weighted by atomic mass is 9.95. The van der Waals surface area contributed by atoms with Crippen LogP contribution in [0.15, 0.2) is 4.99 Å². The van der Waals surface area contributed by atoms with Crippen LogP contribution >= 0.6 is 0 Å². The summed E-state index contributed by atoms with van der Waals surface area (Å²) in [5.41, 5.74) is 5.64. The Labute approximate surface area is 115 Å². The summed E-state index contributed by atoms with van der Waals surface area (Å²) in [5, 5.41) is 5.99. The van der Waals surface area contributed by atoms with E-state index in [-0.39, 0.29) is 5.91 Å². The zero-order valence-corrected chi connectivity index (χ0v) is 11.8. The summed E-state index contributed by atoms with van der Waals surface area (Å²) in [4.78, 5) is 15.8. The topological polar surface area (TPSA) is 88.7 Å². The number of rotatable bonds is 7. The maximum atomic E-state index is 11.7. The number of nitrogens with one attached hydrogen (secondary N) is 2. The molecule has 19 heavy (non-hydrogen) atoms. The number of methoxy groups -OCH3 is 1. The predicted octanol–water partition coefficient (Wildman–Crippen LogP) is 0.376. The van der Waals surface area contributed by atoms with Crippen molar-refractivity contribution >= 4 is 11.9 Å². The van der Waals surface area contributed by atoms with Gasteiger partial charge < -0.3 is 21.1 Å². The van der Waals surface area contributed by atoms with Gasteiger partial charge in [-0.2, -0.15) is 0 Å². The van der Waals surface area contributed by atoms with Gasteiger partial charge in [0, 0.05) is 26.1 Å². The monoisotopic (exact) mass is 270 g/mol. The molecule has 0 aliphatic heterocycles. The normalized spacial score (nSPS) is 17.2. The molecule has 0 saturated heterocycles. The van der Waals surface area contributed by atoms with Crippen LogP contribution < -0.4 is 16.4 Å². The molecular weight excluding hydrogens is 244 g/mol. The van der Waals surface area contributed by atoms with E-state index in [2.05, 4.69) is 15.6 Å². The van der Waals surface area contributed by atoms with Gasteiger partial charge in [-0.15, -0.1) is 0 Å². The van der Waals surface area contributed by atoms with Gasteiger partial charge in [-0.1, -0.05) is 19.3 Å². The van der Waals surface area contributed by atoms with Crippen molar-refractivity contribution in [3.05, 3.63) is 0 Å². The lowest BCUT2D eigenvalue weighted by Crippen LogP contribution is -2.39. The second-order valence-electron chi connectivity index (χ2n) is 4.84. The van der Waals surface area contributed by atoms with Crippen LogP contribution in [0.3, 0.4) is 0 Å². The molecule has 0 spiro atoms. The number of nitrogens with two attached hydrogens (primary N) is 1. The van der Waals surface area contributed by atoms with Crippen molar-refractivity contribution in [2.45, 2.75) is 44.6 Å². The molecule has 0 bridgehead atoms. The zero-order chi connectivity index (χ0) is 13.9. The van der Waals surface area contributed by atoms with Crippen LogP contribution in [0.25, 0.3) is 0 Å². The molecule has 0 aromatic carbocycles. The summed E-state index contributed by atoms with van der Waals surface area (Å²) in [6.45, 7) is 1.59. The minimum absolute atomic E-state index is 0.0871. The minimum Gasteiger partial charge on any atom is -0.383 e. The summed E-state index contributed by atoms with van der Waals surface area (Å²) < 4.78 is 4.86. The molecule has 1 aliphatic carbocycles. The van der Waals surface area contributed by atoms with E-state index in [4.69, 9.17) is 10.5 Å². The summed E-state index contributed by atoms with van der Waals surface area (Å²) in [7, 11) is 1.62. The van der Waals surface area contributed by atoms with Crippen LogP contribution in [0.5, 0.6) is 0 Å². The van der Waals surface area contributed by atoms with Crippen molar-refractivity contribution in [3.63, 3.8) is 0 Å². The van der Waals surface area contributed by atoms with Crippen LogP contribution in [-0.2, 0) is 9.53 Å². The van der Waals surface area contributed by atoms with Gasteiger partial charge in [-0.25, -0.2) is 0 Å². The van der Waals surface area contributed by atoms with Gasteiger partial charge in [0.2, 0.25) is 5.91 Å². The van der Waals surface area contributed by atoms with E-state index in [1.54, 1.807) is 7.11 Å². The van der Waals surface area contributed by atoms with E-state index >= 15 is 0 Å². The molecule has 1 rings (SSSR count). The van der Waals surface area contributed by atoms with Crippen LogP contribution in [0, 0.1) is 0 Å². The molecule has 0 unspecified atom stereocenters. The minimum atomic E-state index is 0.0871. The van der Waals surface area contributed by atoms with Crippen LogP contribution in [-0.4, -0.2) is 44.7 Å². The molecule has 1 aliphatic rings. The molecule has 0 radical (unpaired) electrons. The number of ether oxygens (including phenoxy) is 1. The summed E-state index contributed by atoms with van der Waals surface area (Å²) in [5.74, 6) is 0.451. The maximum absolute atomic E-state index is 11.7. The molecule has 0 atom stereocenters. The quantitative estimate of drug-likeness (QED) is 0.354. The molecule has 0 aromatic heterocycles. The second-order valence-corrected chi connectivity index (χ2v) is 4.84. The number of hydrogen-bond acceptors (Lipinski definition) is 3. The van der Waals surface area contributed by atoms with E-state index in [1.807, 2.05) is 0 Å². The summed E-state index contributed by atoms with van der Waals surface area (Å²) in [6, 6.07) is 0.369. The Bertz CT molecular complexity index is 288. The van der Waals surface area contributed by atoms with E-state index in [0.717, 1.165) is 12.8 Å². The lowest BCUT2D eigenvalue weighted by molar-refractivity contribution is -0.121. The Morgan fingerprint density at radius 2 is 2.11 bits per heavy atom. The van der Waals surface area contributed by atoms with Crippen molar-refractivity contribution in [3.8, 4) is 0 Å². The Hall–Kier alpha value is -1.30. The molecular formula is C13H26N4O2. The van der Waals surface area contributed by atoms with Crippen molar-refractivity contribution < 1.29 is 9.53 Å². The molecule has 0 heterocycles. The largest absolute Gasteiger partial charge is 0.383 e. The number of aliphatic imine (C=N–C) groups is 1. The first-order chi connectivity index (χ1) is 9.22. The fraction of sp³-hybridized carbons (Fsp3) is 0.846. The third-order valence-corrected chi connectivity index (χ3v) is 3.21. The van der Waals surface area contributed by atoms with Gasteiger partial charge in [0.25, 0.3) is 0 Å². The van der Waals surface area contributed by atoms with Gasteiger partial charge in [0.1, 0.15) is 0 Å². The van der Waals surface area contributed by atoms with E-state index in [0.29, 0.717) is 38.1 Å². The van der Waals surface area contributed by atoms with E-state index < -0.39 is 0 Å². The highest BCUT2D eigenvalue weighted by atomic mass is 16.5. The average Bonchev–Trinajstić information content (AvgIpc) is 2.40. The number of carbonyl (C=O) groups is 1. The maximum Gasteiger partial charge on any atom is 0.221 e. The lowest BCUT2D eigenvalue weighted by Gasteiger charge is -2.22. The molecule has 1 fully saturated rings. The predicted molar refractivity (Wildman–Crippen MR) is 76.0 cm³/mol. The van der Waals surface area contributed by atoms with Gasteiger partial charge >= 0.3 is 0 Å². The number of guanidine groups is 1. The highest BCUT2D eigenvalue weighted by molar-refractivity contribution is 5.80. The fourth-order valence-corrected chi connectivity index (χ4v) is 2.16. The smallest absolute Gasteiger partial charge is 0.221 e. The fourth-order valence-electron chi connectivity index (χ4n) is 2.16. The van der Waals surface area contributed by atoms with Gasteiger partial charge in [-0.05, 0) is 12.8 Å². The highest BCUT2D eigenvalue weighted by Gasteiger charge is 2.15. The van der Waals surface area contributed by atoms with Crippen molar-refractivity contribution in [2.24, 2.45) is 10.7 Å². The molecule has 1 saturated carbocycles. The summed E-state index contributed by atoms with van der Waals surface area (Å²) >= 11 is 0. The van der Waals surface area contributed by atoms with Crippen LogP contribution in [0.1, 0.15) is 38.5 Å². The number of carbonyl (C=O) groups excluding carboxylic acids is 1. The Kier molecular flexibility index (Phi) is 7.97. The van der Waals surface area contributed by atoms with Gasteiger partial charge in [0.15, 0.2) is 5.96 Å². The third kappa shape index (κ3) is 7.66. The van der Waals surface area contributed by atoms with E-state index in [1.165, 1.54) is 19.3 Å². The first kappa shape index (κ1) is 15.8. The van der Waals surface area contributed by atoms with E-state index in [9.17, 15) is 4.79 Å². The zero-order valence-electron chi connectivity index (χ0n) is 11.8. The number of amides is 1. The Morgan fingerprint density at radius 3 is 2.79 bits per heavy atom. The van der Waals surface area contributed by atoms with Crippen molar-refractivity contribution in [1.29, 1.82) is 0 Å². The highest BCUT2D eigenvalue weighted by Crippen LogP contribution is 2.17. The number of nitrogens with zero attached hydrogens (tertiary/aromatic N) is 1. The Balaban J connectivity index is 2.07. The van der Waals surface area contributed by atoms with Gasteiger partial charge in [0.05, 0.1) is 13.2 Å². The van der Waals surface area contributed by atoms with Crippen molar-refractivity contribution in [1.82, 2.24) is 10.6 Å². The van der Waals surface area contributed by atoms with Crippen LogP contribution in [0.2, 0.25) is 0 Å². The van der Waals surface area contributed by atoms with Gasteiger partial charge in [-0.3, -0.25) is 9.79 Å². The molecule has 6 nitrogen and oxygen atoms in total. The van der Waals surface area contributed by atoms with Crippen LogP contribution in [0.4, 0.5) is 0 Å². The van der Waals surface area contributed by atoms with Crippen molar-refractivity contribution in [2.75, 3.05) is 26.8 Å². The molecule has 6 heteroatoms. The first-order valence-electron chi connectivity index (χ1n) is 7.04. The number of hydrogen-bond donors (Lipinski definition) is 3. The molecule has 1 amide bonds. The molecule has 0 aromatic rings. The SMILES string of the molecule is COCCN=C(N)NCCC(=O)NC1CCCCC1. The molecule has 110 valence electrons. The second kappa shape index (κ2) is 9.61. The third-order valence-electron chi connectivity index (χ3n) is 3.21.